The molecule has 0 fully saturated rings. The summed E-state index contributed by atoms with van der Waals surface area (Å²) in [7, 11) is 3.75. The smallest absolute Gasteiger partial charge is 0.205 e. The first kappa shape index (κ1) is 11.4. The molecule has 0 amide bonds. The number of ketones is 1. The maximum absolute atomic E-state index is 11.7. The third-order valence-corrected chi connectivity index (χ3v) is 1.97. The molecule has 1 aromatic heterocycles. The summed E-state index contributed by atoms with van der Waals surface area (Å²) in [5.74, 6) is -0.0544. The Bertz CT molecular complexity index is 395. The lowest BCUT2D eigenvalue weighted by atomic mass is 10.1. The molecule has 0 N–H and O–H groups in total. The zero-order chi connectivity index (χ0) is 11.4. The van der Waals surface area contributed by atoms with Gasteiger partial charge in [-0.05, 0) is 25.0 Å². The van der Waals surface area contributed by atoms with Gasteiger partial charge in [-0.2, -0.15) is 0 Å². The van der Waals surface area contributed by atoms with Gasteiger partial charge in [0.05, 0.1) is 0 Å². The van der Waals surface area contributed by atoms with Crippen molar-refractivity contribution in [2.75, 3.05) is 14.1 Å². The van der Waals surface area contributed by atoms with Gasteiger partial charge in [-0.1, -0.05) is 6.07 Å². The standard InChI is InChI=1S/C12H16N2O/c1-9-7-10(2)12(13-8-9)11(15)5-6-14(3)4/h5-8H,1-4H3/b6-5-. The number of carbonyl (C=O) groups is 1. The third-order valence-electron chi connectivity index (χ3n) is 1.97. The molecule has 0 bridgehead atoms. The van der Waals surface area contributed by atoms with Crippen LogP contribution in [0.1, 0.15) is 21.6 Å². The molecule has 3 nitrogen and oxygen atoms in total. The van der Waals surface area contributed by atoms with E-state index >= 15 is 0 Å². The second-order valence-corrected chi connectivity index (χ2v) is 3.82. The third kappa shape index (κ3) is 3.20. The van der Waals surface area contributed by atoms with Gasteiger partial charge in [0.25, 0.3) is 0 Å². The summed E-state index contributed by atoms with van der Waals surface area (Å²) in [5, 5.41) is 0. The van der Waals surface area contributed by atoms with E-state index in [1.807, 2.05) is 38.9 Å². The Morgan fingerprint density at radius 2 is 2.07 bits per heavy atom. The number of nitrogens with zero attached hydrogens (tertiary/aromatic N) is 2. The van der Waals surface area contributed by atoms with Crippen molar-refractivity contribution in [3.05, 3.63) is 41.4 Å². The molecule has 80 valence electrons. The zero-order valence-corrected chi connectivity index (χ0v) is 9.61. The predicted molar refractivity (Wildman–Crippen MR) is 60.9 cm³/mol. The molecule has 1 rings (SSSR count). The second-order valence-electron chi connectivity index (χ2n) is 3.82. The van der Waals surface area contributed by atoms with Crippen molar-refractivity contribution in [3.63, 3.8) is 0 Å². The average Bonchev–Trinajstić information content (AvgIpc) is 2.14. The Kier molecular flexibility index (Phi) is 3.61. The van der Waals surface area contributed by atoms with E-state index in [-0.39, 0.29) is 5.78 Å². The number of aromatic nitrogens is 1. The topological polar surface area (TPSA) is 33.2 Å². The Hall–Kier alpha value is -1.64. The maximum Gasteiger partial charge on any atom is 0.205 e. The van der Waals surface area contributed by atoms with Crippen molar-refractivity contribution < 1.29 is 4.79 Å². The summed E-state index contributed by atoms with van der Waals surface area (Å²) in [6.07, 6.45) is 4.97. The summed E-state index contributed by atoms with van der Waals surface area (Å²) in [5.41, 5.74) is 2.52. The number of hydrogen-bond donors (Lipinski definition) is 0. The molecular formula is C12H16N2O. The van der Waals surface area contributed by atoms with Gasteiger partial charge < -0.3 is 4.90 Å². The highest BCUT2D eigenvalue weighted by Gasteiger charge is 2.07. The molecule has 0 saturated carbocycles. The highest BCUT2D eigenvalue weighted by Crippen LogP contribution is 2.08. The van der Waals surface area contributed by atoms with Gasteiger partial charge in [-0.3, -0.25) is 9.78 Å². The fourth-order valence-electron chi connectivity index (χ4n) is 1.27. The molecule has 0 aromatic carbocycles. The lowest BCUT2D eigenvalue weighted by molar-refractivity contribution is 0.104. The van der Waals surface area contributed by atoms with Crippen molar-refractivity contribution in [2.45, 2.75) is 13.8 Å². The van der Waals surface area contributed by atoms with E-state index < -0.39 is 0 Å². The molecule has 0 aliphatic carbocycles. The van der Waals surface area contributed by atoms with Gasteiger partial charge in [0.15, 0.2) is 0 Å². The van der Waals surface area contributed by atoms with Gasteiger partial charge in [-0.15, -0.1) is 0 Å². The highest BCUT2D eigenvalue weighted by atomic mass is 16.1. The van der Waals surface area contributed by atoms with E-state index in [0.29, 0.717) is 5.69 Å². The van der Waals surface area contributed by atoms with E-state index in [9.17, 15) is 4.79 Å². The predicted octanol–water partition coefficient (Wildman–Crippen LogP) is 1.96. The number of carbonyl (C=O) groups excluding carboxylic acids is 1. The summed E-state index contributed by atoms with van der Waals surface area (Å²) < 4.78 is 0. The highest BCUT2D eigenvalue weighted by molar-refractivity contribution is 6.03. The van der Waals surface area contributed by atoms with Gasteiger partial charge in [0, 0.05) is 32.6 Å². The van der Waals surface area contributed by atoms with Crippen molar-refractivity contribution in [1.82, 2.24) is 9.88 Å². The first-order valence-electron chi connectivity index (χ1n) is 4.83. The summed E-state index contributed by atoms with van der Waals surface area (Å²) in [6, 6.07) is 1.96. The second kappa shape index (κ2) is 4.73. The van der Waals surface area contributed by atoms with Crippen LogP contribution in [0.3, 0.4) is 0 Å². The van der Waals surface area contributed by atoms with Gasteiger partial charge >= 0.3 is 0 Å². The van der Waals surface area contributed by atoms with Crippen LogP contribution in [-0.4, -0.2) is 29.8 Å². The monoisotopic (exact) mass is 204 g/mol. The lowest BCUT2D eigenvalue weighted by Crippen LogP contribution is -2.06. The number of aryl methyl sites for hydroxylation is 2. The number of hydrogen-bond acceptors (Lipinski definition) is 3. The van der Waals surface area contributed by atoms with E-state index in [4.69, 9.17) is 0 Å². The molecule has 1 heterocycles. The minimum absolute atomic E-state index is 0.0544. The molecule has 0 spiro atoms. The van der Waals surface area contributed by atoms with Crippen molar-refractivity contribution in [3.8, 4) is 0 Å². The van der Waals surface area contributed by atoms with E-state index in [2.05, 4.69) is 4.98 Å². The van der Waals surface area contributed by atoms with E-state index in [0.717, 1.165) is 11.1 Å². The molecular weight excluding hydrogens is 188 g/mol. The van der Waals surface area contributed by atoms with Crippen LogP contribution in [-0.2, 0) is 0 Å². The average molecular weight is 204 g/mol. The molecule has 3 heteroatoms. The molecule has 15 heavy (non-hydrogen) atoms. The molecule has 0 saturated heterocycles. The largest absolute Gasteiger partial charge is 0.383 e. The van der Waals surface area contributed by atoms with Crippen LogP contribution in [0.4, 0.5) is 0 Å². The molecule has 0 aliphatic heterocycles. The van der Waals surface area contributed by atoms with Crippen LogP contribution >= 0.6 is 0 Å². The SMILES string of the molecule is Cc1cnc(C(=O)/C=C\N(C)C)c(C)c1. The Labute approximate surface area is 90.4 Å². The number of pyridine rings is 1. The fourth-order valence-corrected chi connectivity index (χ4v) is 1.27. The Morgan fingerprint density at radius 3 is 2.60 bits per heavy atom. The minimum atomic E-state index is -0.0544. The van der Waals surface area contributed by atoms with Gasteiger partial charge in [0.1, 0.15) is 5.69 Å². The number of rotatable bonds is 3. The van der Waals surface area contributed by atoms with Crippen molar-refractivity contribution in [2.24, 2.45) is 0 Å². The van der Waals surface area contributed by atoms with Crippen LogP contribution in [0.2, 0.25) is 0 Å². The molecule has 0 aliphatic rings. The molecule has 0 atom stereocenters. The Morgan fingerprint density at radius 1 is 1.40 bits per heavy atom. The maximum atomic E-state index is 11.7. The molecule has 0 unspecified atom stereocenters. The first-order valence-corrected chi connectivity index (χ1v) is 4.83. The van der Waals surface area contributed by atoms with Crippen LogP contribution in [0.15, 0.2) is 24.5 Å². The van der Waals surface area contributed by atoms with E-state index in [1.165, 1.54) is 6.08 Å². The van der Waals surface area contributed by atoms with Crippen LogP contribution in [0, 0.1) is 13.8 Å². The summed E-state index contributed by atoms with van der Waals surface area (Å²) in [4.78, 5) is 17.7. The van der Waals surface area contributed by atoms with Gasteiger partial charge in [0.2, 0.25) is 5.78 Å². The van der Waals surface area contributed by atoms with Crippen LogP contribution in [0.5, 0.6) is 0 Å². The van der Waals surface area contributed by atoms with Crippen LogP contribution < -0.4 is 0 Å². The molecule has 1 aromatic rings. The van der Waals surface area contributed by atoms with Gasteiger partial charge in [-0.25, -0.2) is 0 Å². The van der Waals surface area contributed by atoms with Crippen molar-refractivity contribution >= 4 is 5.78 Å². The molecule has 0 radical (unpaired) electrons. The summed E-state index contributed by atoms with van der Waals surface area (Å²) >= 11 is 0. The number of allylic oxidation sites excluding steroid dienone is 1. The normalized spacial score (nSPS) is 10.7. The lowest BCUT2D eigenvalue weighted by Gasteiger charge is -2.04. The quantitative estimate of drug-likeness (QED) is 0.557. The Balaban J connectivity index is 2.92. The first-order chi connectivity index (χ1) is 7.00. The summed E-state index contributed by atoms with van der Waals surface area (Å²) in [6.45, 7) is 3.86. The zero-order valence-electron chi connectivity index (χ0n) is 9.61. The van der Waals surface area contributed by atoms with Crippen molar-refractivity contribution in [1.29, 1.82) is 0 Å². The fraction of sp³-hybridized carbons (Fsp3) is 0.333. The minimum Gasteiger partial charge on any atom is -0.383 e. The van der Waals surface area contributed by atoms with E-state index in [1.54, 1.807) is 12.4 Å². The van der Waals surface area contributed by atoms with Crippen LogP contribution in [0.25, 0.3) is 0 Å².